The molecule has 1 atom stereocenters. The third-order valence-electron chi connectivity index (χ3n) is 3.04. The number of amides is 1. The van der Waals surface area contributed by atoms with Crippen molar-refractivity contribution in [1.82, 2.24) is 0 Å². The van der Waals surface area contributed by atoms with Crippen molar-refractivity contribution in [2.24, 2.45) is 0 Å². The van der Waals surface area contributed by atoms with E-state index in [4.69, 9.17) is 11.6 Å². The zero-order valence-corrected chi connectivity index (χ0v) is 12.8. The Hall–Kier alpha value is -0.880. The number of hydrogen-bond acceptors (Lipinski definition) is 3. The summed E-state index contributed by atoms with van der Waals surface area (Å²) in [4.78, 5) is 12.2. The summed E-state index contributed by atoms with van der Waals surface area (Å²) in [5, 5.41) is 15.5. The Morgan fingerprint density at radius 1 is 1.47 bits per heavy atom. The molecule has 0 saturated heterocycles. The predicted molar refractivity (Wildman–Crippen MR) is 79.9 cm³/mol. The van der Waals surface area contributed by atoms with Crippen LogP contribution in [-0.4, -0.2) is 11.0 Å². The van der Waals surface area contributed by atoms with Crippen LogP contribution in [0.25, 0.3) is 0 Å². The molecule has 19 heavy (non-hydrogen) atoms. The van der Waals surface area contributed by atoms with Gasteiger partial charge in [0.15, 0.2) is 0 Å². The fourth-order valence-corrected chi connectivity index (χ4v) is 3.98. The molecule has 1 aliphatic heterocycles. The highest BCUT2D eigenvalue weighted by molar-refractivity contribution is 9.10. The Morgan fingerprint density at radius 3 is 2.95 bits per heavy atom. The second-order valence-corrected chi connectivity index (χ2v) is 6.50. The van der Waals surface area contributed by atoms with Gasteiger partial charge in [-0.15, -0.1) is 11.3 Å². The zero-order chi connectivity index (χ0) is 13.6. The third-order valence-corrected chi connectivity index (χ3v) is 5.29. The monoisotopic (exact) mass is 357 g/mol. The number of halogens is 2. The van der Waals surface area contributed by atoms with Crippen LogP contribution in [0.2, 0.25) is 5.02 Å². The third kappa shape index (κ3) is 2.31. The second-order valence-electron chi connectivity index (χ2n) is 4.29. The van der Waals surface area contributed by atoms with Crippen molar-refractivity contribution in [2.75, 3.05) is 5.32 Å². The summed E-state index contributed by atoms with van der Waals surface area (Å²) >= 11 is 11.1. The van der Waals surface area contributed by atoms with Crippen molar-refractivity contribution in [1.29, 1.82) is 0 Å². The average molecular weight is 359 g/mol. The summed E-state index contributed by atoms with van der Waals surface area (Å²) in [5.74, 6) is -0.0463. The number of benzene rings is 1. The van der Waals surface area contributed by atoms with E-state index >= 15 is 0 Å². The van der Waals surface area contributed by atoms with Crippen LogP contribution in [0.15, 0.2) is 28.1 Å². The number of carbonyl (C=O) groups excluding carboxylic acids is 1. The molecule has 2 N–H and O–H groups in total. The van der Waals surface area contributed by atoms with Crippen LogP contribution in [0.4, 0.5) is 5.69 Å². The maximum absolute atomic E-state index is 11.4. The molecule has 1 aliphatic rings. The SMILES string of the molecule is O=C1Cc2cc(C(O)c3sccc3Br)c(Cl)cc2N1. The largest absolute Gasteiger partial charge is 0.383 e. The standard InChI is InChI=1S/C13H9BrClNO2S/c14-8-1-2-19-13(8)12(18)7-3-6-4-11(17)16-10(6)5-9(7)15/h1-3,5,12,18H,4H2,(H,16,17). The Bertz CT molecular complexity index is 671. The lowest BCUT2D eigenvalue weighted by Gasteiger charge is -2.13. The van der Waals surface area contributed by atoms with Crippen LogP contribution in [0.1, 0.15) is 22.1 Å². The van der Waals surface area contributed by atoms with Gasteiger partial charge in [0, 0.05) is 20.7 Å². The molecule has 98 valence electrons. The lowest BCUT2D eigenvalue weighted by Crippen LogP contribution is -2.03. The van der Waals surface area contributed by atoms with E-state index in [1.807, 2.05) is 11.4 Å². The zero-order valence-electron chi connectivity index (χ0n) is 9.61. The Labute approximate surface area is 127 Å². The average Bonchev–Trinajstić information content (AvgIpc) is 2.92. The lowest BCUT2D eigenvalue weighted by atomic mass is 10.0. The van der Waals surface area contributed by atoms with Gasteiger partial charge in [0.1, 0.15) is 6.10 Å². The Kier molecular flexibility index (Phi) is 3.39. The molecule has 6 heteroatoms. The highest BCUT2D eigenvalue weighted by Crippen LogP contribution is 2.39. The van der Waals surface area contributed by atoms with Gasteiger partial charge in [-0.2, -0.15) is 0 Å². The van der Waals surface area contributed by atoms with E-state index in [1.165, 1.54) is 11.3 Å². The maximum atomic E-state index is 11.4. The number of thiophene rings is 1. The van der Waals surface area contributed by atoms with E-state index in [2.05, 4.69) is 21.2 Å². The molecular formula is C13H9BrClNO2S. The van der Waals surface area contributed by atoms with Gasteiger partial charge < -0.3 is 10.4 Å². The summed E-state index contributed by atoms with van der Waals surface area (Å²) < 4.78 is 0.857. The smallest absolute Gasteiger partial charge is 0.228 e. The molecule has 1 amide bonds. The normalized spacial score (nSPS) is 15.2. The second kappa shape index (κ2) is 4.90. The van der Waals surface area contributed by atoms with Crippen molar-refractivity contribution in [3.63, 3.8) is 0 Å². The van der Waals surface area contributed by atoms with Crippen LogP contribution in [0, 0.1) is 0 Å². The first-order valence-electron chi connectivity index (χ1n) is 5.59. The molecule has 3 nitrogen and oxygen atoms in total. The van der Waals surface area contributed by atoms with Crippen LogP contribution in [0.5, 0.6) is 0 Å². The molecule has 1 aromatic carbocycles. The van der Waals surface area contributed by atoms with E-state index in [0.29, 0.717) is 17.0 Å². The molecule has 2 heterocycles. The fourth-order valence-electron chi connectivity index (χ4n) is 2.12. The van der Waals surface area contributed by atoms with Gasteiger partial charge in [-0.05, 0) is 45.1 Å². The first kappa shape index (κ1) is 13.1. The van der Waals surface area contributed by atoms with Crippen molar-refractivity contribution in [3.8, 4) is 0 Å². The summed E-state index contributed by atoms with van der Waals surface area (Å²) in [5.41, 5.74) is 2.23. The minimum atomic E-state index is -0.789. The molecule has 0 bridgehead atoms. The van der Waals surface area contributed by atoms with Crippen molar-refractivity contribution >= 4 is 50.5 Å². The molecule has 0 spiro atoms. The maximum Gasteiger partial charge on any atom is 0.228 e. The number of nitrogens with one attached hydrogen (secondary N) is 1. The summed E-state index contributed by atoms with van der Waals surface area (Å²) in [6, 6.07) is 5.38. The van der Waals surface area contributed by atoms with Gasteiger partial charge >= 0.3 is 0 Å². The van der Waals surface area contributed by atoms with Crippen LogP contribution < -0.4 is 5.32 Å². The number of fused-ring (bicyclic) bond motifs is 1. The lowest BCUT2D eigenvalue weighted by molar-refractivity contribution is -0.115. The number of hydrogen-bond donors (Lipinski definition) is 2. The molecule has 3 rings (SSSR count). The van der Waals surface area contributed by atoms with E-state index in [0.717, 1.165) is 20.6 Å². The Morgan fingerprint density at radius 2 is 2.26 bits per heavy atom. The first-order valence-corrected chi connectivity index (χ1v) is 7.64. The first-order chi connectivity index (χ1) is 9.06. The predicted octanol–water partition coefficient (Wildman–Crippen LogP) is 3.74. The molecule has 0 saturated carbocycles. The quantitative estimate of drug-likeness (QED) is 0.859. The number of anilines is 1. The fraction of sp³-hybridized carbons (Fsp3) is 0.154. The highest BCUT2D eigenvalue weighted by Gasteiger charge is 2.24. The number of aliphatic hydroxyl groups excluding tert-OH is 1. The molecule has 0 fully saturated rings. The van der Waals surface area contributed by atoms with Crippen LogP contribution in [-0.2, 0) is 11.2 Å². The van der Waals surface area contributed by atoms with E-state index in [-0.39, 0.29) is 5.91 Å². The van der Waals surface area contributed by atoms with Crippen LogP contribution in [0.3, 0.4) is 0 Å². The summed E-state index contributed by atoms with van der Waals surface area (Å²) in [6.45, 7) is 0. The van der Waals surface area contributed by atoms with Crippen molar-refractivity contribution < 1.29 is 9.90 Å². The number of rotatable bonds is 2. The Balaban J connectivity index is 2.05. The van der Waals surface area contributed by atoms with Gasteiger partial charge in [0.25, 0.3) is 0 Å². The molecule has 2 aromatic rings. The van der Waals surface area contributed by atoms with Gasteiger partial charge in [-0.3, -0.25) is 4.79 Å². The van der Waals surface area contributed by atoms with E-state index in [1.54, 1.807) is 12.1 Å². The van der Waals surface area contributed by atoms with Gasteiger partial charge in [-0.25, -0.2) is 0 Å². The van der Waals surface area contributed by atoms with Gasteiger partial charge in [-0.1, -0.05) is 11.6 Å². The summed E-state index contributed by atoms with van der Waals surface area (Å²) in [6.07, 6.45) is -0.458. The minimum absolute atomic E-state index is 0.0463. The van der Waals surface area contributed by atoms with Gasteiger partial charge in [0.05, 0.1) is 11.3 Å². The van der Waals surface area contributed by atoms with Crippen molar-refractivity contribution in [3.05, 3.63) is 49.1 Å². The highest BCUT2D eigenvalue weighted by atomic mass is 79.9. The molecule has 0 aliphatic carbocycles. The van der Waals surface area contributed by atoms with Crippen LogP contribution >= 0.6 is 38.9 Å². The molecule has 1 unspecified atom stereocenters. The molecule has 0 radical (unpaired) electrons. The topological polar surface area (TPSA) is 49.3 Å². The van der Waals surface area contributed by atoms with Crippen molar-refractivity contribution in [2.45, 2.75) is 12.5 Å². The number of aliphatic hydroxyl groups is 1. The van der Waals surface area contributed by atoms with E-state index < -0.39 is 6.10 Å². The molecule has 1 aromatic heterocycles. The van der Waals surface area contributed by atoms with E-state index in [9.17, 15) is 9.90 Å². The number of carbonyl (C=O) groups is 1. The van der Waals surface area contributed by atoms with Gasteiger partial charge in [0.2, 0.25) is 5.91 Å². The summed E-state index contributed by atoms with van der Waals surface area (Å²) in [7, 11) is 0. The molecular weight excluding hydrogens is 350 g/mol. The minimum Gasteiger partial charge on any atom is -0.383 e.